The molecule has 1 aliphatic rings. The molecule has 110 valence electrons. The summed E-state index contributed by atoms with van der Waals surface area (Å²) in [5.74, 6) is -0.658. The minimum Gasteiger partial charge on any atom is -0.481 e. The lowest BCUT2D eigenvalue weighted by atomic mass is 9.71. The topological polar surface area (TPSA) is 55.1 Å². The first-order valence-electron chi connectivity index (χ1n) is 7.52. The van der Waals surface area contributed by atoms with Crippen LogP contribution >= 0.6 is 0 Å². The Balaban J connectivity index is 1.81. The van der Waals surface area contributed by atoms with Gasteiger partial charge in [-0.1, -0.05) is 37.5 Å². The van der Waals surface area contributed by atoms with Gasteiger partial charge >= 0.3 is 5.97 Å². The van der Waals surface area contributed by atoms with Crippen molar-refractivity contribution in [2.45, 2.75) is 38.5 Å². The van der Waals surface area contributed by atoms with Crippen molar-refractivity contribution in [3.05, 3.63) is 48.3 Å². The third kappa shape index (κ3) is 2.84. The normalized spacial score (nSPS) is 17.5. The van der Waals surface area contributed by atoms with E-state index in [2.05, 4.69) is 5.10 Å². The molecule has 0 bridgehead atoms. The third-order valence-electron chi connectivity index (χ3n) is 4.46. The number of carboxylic acids is 1. The molecular weight excluding hydrogens is 264 g/mol. The molecule has 0 unspecified atom stereocenters. The Morgan fingerprint density at radius 2 is 1.90 bits per heavy atom. The lowest BCUT2D eigenvalue weighted by Gasteiger charge is -2.32. The van der Waals surface area contributed by atoms with Crippen molar-refractivity contribution in [3.63, 3.8) is 0 Å². The quantitative estimate of drug-likeness (QED) is 0.935. The molecule has 4 heteroatoms. The average molecular weight is 284 g/mol. The molecule has 0 spiro atoms. The number of aliphatic carboxylic acids is 1. The number of carboxylic acid groups (broad SMARTS) is 1. The third-order valence-corrected chi connectivity index (χ3v) is 4.46. The Morgan fingerprint density at radius 1 is 1.19 bits per heavy atom. The maximum atomic E-state index is 11.7. The van der Waals surface area contributed by atoms with Gasteiger partial charge in [0.05, 0.1) is 17.3 Å². The van der Waals surface area contributed by atoms with Crippen LogP contribution in [0, 0.1) is 5.41 Å². The van der Waals surface area contributed by atoms with Crippen molar-refractivity contribution in [2.24, 2.45) is 5.41 Å². The zero-order valence-electron chi connectivity index (χ0n) is 12.0. The highest BCUT2D eigenvalue weighted by Gasteiger charge is 2.39. The van der Waals surface area contributed by atoms with E-state index in [0.29, 0.717) is 6.42 Å². The Bertz CT molecular complexity index is 613. The highest BCUT2D eigenvalue weighted by Crippen LogP contribution is 2.39. The maximum Gasteiger partial charge on any atom is 0.309 e. The van der Waals surface area contributed by atoms with Crippen LogP contribution in [0.1, 0.15) is 37.7 Å². The number of hydrogen-bond donors (Lipinski definition) is 1. The molecule has 1 N–H and O–H groups in total. The van der Waals surface area contributed by atoms with Crippen molar-refractivity contribution in [2.75, 3.05) is 0 Å². The summed E-state index contributed by atoms with van der Waals surface area (Å²) >= 11 is 0. The summed E-state index contributed by atoms with van der Waals surface area (Å²) in [6.07, 6.45) is 9.06. The van der Waals surface area contributed by atoms with E-state index in [0.717, 1.165) is 43.4 Å². The maximum absolute atomic E-state index is 11.7. The van der Waals surface area contributed by atoms with Gasteiger partial charge in [-0.2, -0.15) is 5.10 Å². The molecule has 4 nitrogen and oxygen atoms in total. The second-order valence-electron chi connectivity index (χ2n) is 5.95. The average Bonchev–Trinajstić information content (AvgIpc) is 2.97. The van der Waals surface area contributed by atoms with Gasteiger partial charge in [-0.05, 0) is 37.0 Å². The molecule has 1 saturated carbocycles. The second kappa shape index (κ2) is 5.72. The van der Waals surface area contributed by atoms with Crippen molar-refractivity contribution >= 4 is 5.97 Å². The first kappa shape index (κ1) is 13.9. The van der Waals surface area contributed by atoms with Gasteiger partial charge in [0.25, 0.3) is 0 Å². The molecule has 3 rings (SSSR count). The Labute approximate surface area is 124 Å². The largest absolute Gasteiger partial charge is 0.481 e. The van der Waals surface area contributed by atoms with E-state index < -0.39 is 11.4 Å². The molecule has 0 saturated heterocycles. The minimum atomic E-state index is -0.658. The summed E-state index contributed by atoms with van der Waals surface area (Å²) in [5.41, 5.74) is 1.41. The molecule has 21 heavy (non-hydrogen) atoms. The predicted molar refractivity (Wildman–Crippen MR) is 80.4 cm³/mol. The summed E-state index contributed by atoms with van der Waals surface area (Å²) in [7, 11) is 0. The molecule has 1 aromatic heterocycles. The van der Waals surface area contributed by atoms with E-state index in [9.17, 15) is 9.90 Å². The fourth-order valence-electron chi connectivity index (χ4n) is 3.26. The van der Waals surface area contributed by atoms with Crippen molar-refractivity contribution < 1.29 is 9.90 Å². The van der Waals surface area contributed by atoms with Gasteiger partial charge < -0.3 is 5.11 Å². The number of rotatable bonds is 4. The highest BCUT2D eigenvalue weighted by molar-refractivity contribution is 5.75. The Kier molecular flexibility index (Phi) is 3.78. The number of carbonyl (C=O) groups is 1. The van der Waals surface area contributed by atoms with Crippen LogP contribution in [0.15, 0.2) is 42.7 Å². The van der Waals surface area contributed by atoms with Crippen molar-refractivity contribution in [3.8, 4) is 5.69 Å². The van der Waals surface area contributed by atoms with E-state index in [-0.39, 0.29) is 0 Å². The highest BCUT2D eigenvalue weighted by atomic mass is 16.4. The summed E-state index contributed by atoms with van der Waals surface area (Å²) in [5, 5.41) is 14.0. The molecule has 0 radical (unpaired) electrons. The summed E-state index contributed by atoms with van der Waals surface area (Å²) in [6, 6.07) is 9.89. The molecule has 0 atom stereocenters. The zero-order chi connectivity index (χ0) is 14.7. The predicted octanol–water partition coefficient (Wildman–Crippen LogP) is 3.45. The van der Waals surface area contributed by atoms with E-state index in [1.807, 2.05) is 41.2 Å². The van der Waals surface area contributed by atoms with Gasteiger partial charge in [-0.3, -0.25) is 4.79 Å². The van der Waals surface area contributed by atoms with Crippen LogP contribution in [0.2, 0.25) is 0 Å². The monoisotopic (exact) mass is 284 g/mol. The first-order chi connectivity index (χ1) is 10.2. The zero-order valence-corrected chi connectivity index (χ0v) is 12.0. The van der Waals surface area contributed by atoms with E-state index in [1.165, 1.54) is 0 Å². The molecule has 1 aliphatic carbocycles. The summed E-state index contributed by atoms with van der Waals surface area (Å²) < 4.78 is 1.81. The van der Waals surface area contributed by atoms with Crippen LogP contribution in [-0.2, 0) is 11.2 Å². The van der Waals surface area contributed by atoms with Gasteiger partial charge in [-0.15, -0.1) is 0 Å². The van der Waals surface area contributed by atoms with Gasteiger partial charge in [0.15, 0.2) is 0 Å². The lowest BCUT2D eigenvalue weighted by Crippen LogP contribution is -2.35. The molecular formula is C17H20N2O2. The second-order valence-corrected chi connectivity index (χ2v) is 5.95. The Morgan fingerprint density at radius 3 is 2.57 bits per heavy atom. The molecule has 0 amide bonds. The van der Waals surface area contributed by atoms with Gasteiger partial charge in [0.2, 0.25) is 0 Å². The smallest absolute Gasteiger partial charge is 0.309 e. The van der Waals surface area contributed by atoms with Gasteiger partial charge in [0, 0.05) is 6.20 Å². The fraction of sp³-hybridized carbons (Fsp3) is 0.412. The first-order valence-corrected chi connectivity index (χ1v) is 7.52. The number of nitrogens with zero attached hydrogens (tertiary/aromatic N) is 2. The number of hydrogen-bond acceptors (Lipinski definition) is 2. The van der Waals surface area contributed by atoms with Crippen molar-refractivity contribution in [1.82, 2.24) is 9.78 Å². The molecule has 1 heterocycles. The molecule has 1 aromatic carbocycles. The van der Waals surface area contributed by atoms with Crippen LogP contribution in [0.25, 0.3) is 5.69 Å². The number of para-hydroxylation sites is 1. The van der Waals surface area contributed by atoms with E-state index in [1.54, 1.807) is 6.20 Å². The van der Waals surface area contributed by atoms with Gasteiger partial charge in [0.1, 0.15) is 0 Å². The summed E-state index contributed by atoms with van der Waals surface area (Å²) in [6.45, 7) is 0. The summed E-state index contributed by atoms with van der Waals surface area (Å²) in [4.78, 5) is 11.7. The van der Waals surface area contributed by atoms with Crippen LogP contribution < -0.4 is 0 Å². The molecule has 1 fully saturated rings. The SMILES string of the molecule is O=C(O)C1(Cc2cnn(-c3ccccc3)c2)CCCCC1. The van der Waals surface area contributed by atoms with Crippen molar-refractivity contribution in [1.29, 1.82) is 0 Å². The van der Waals surface area contributed by atoms with Crippen LogP contribution in [-0.4, -0.2) is 20.9 Å². The molecule has 2 aromatic rings. The minimum absolute atomic E-state index is 0.579. The van der Waals surface area contributed by atoms with Crippen LogP contribution in [0.4, 0.5) is 0 Å². The fourth-order valence-corrected chi connectivity index (χ4v) is 3.26. The van der Waals surface area contributed by atoms with E-state index >= 15 is 0 Å². The standard InChI is InChI=1S/C17H20N2O2/c20-16(21)17(9-5-2-6-10-17)11-14-12-18-19(13-14)15-7-3-1-4-8-15/h1,3-4,7-8,12-13H,2,5-6,9-11H2,(H,20,21). The Hall–Kier alpha value is -2.10. The lowest BCUT2D eigenvalue weighted by molar-refractivity contribution is -0.151. The number of aromatic nitrogens is 2. The van der Waals surface area contributed by atoms with Crippen LogP contribution in [0.3, 0.4) is 0 Å². The number of benzene rings is 1. The molecule has 0 aliphatic heterocycles. The van der Waals surface area contributed by atoms with Crippen LogP contribution in [0.5, 0.6) is 0 Å². The van der Waals surface area contributed by atoms with Gasteiger partial charge in [-0.25, -0.2) is 4.68 Å². The van der Waals surface area contributed by atoms with E-state index in [4.69, 9.17) is 0 Å².